The molecular weight excluding hydrogens is 231 g/mol. The van der Waals surface area contributed by atoms with E-state index in [2.05, 4.69) is 5.43 Å². The molecule has 3 nitrogen and oxygen atoms in total. The lowest BCUT2D eigenvalue weighted by atomic mass is 10.1. The fraction of sp³-hybridized carbons (Fsp3) is 0.636. The summed E-state index contributed by atoms with van der Waals surface area (Å²) in [5.41, 5.74) is 3.25. The second-order valence-corrected chi connectivity index (χ2v) is 4.39. The molecule has 0 atom stereocenters. The van der Waals surface area contributed by atoms with Gasteiger partial charge >= 0.3 is 6.18 Å². The first kappa shape index (κ1) is 12.3. The number of aromatic nitrogens is 1. The molecule has 0 aromatic carbocycles. The van der Waals surface area contributed by atoms with Crippen LogP contribution < -0.4 is 5.43 Å². The van der Waals surface area contributed by atoms with Gasteiger partial charge in [0.25, 0.3) is 0 Å². The number of halogens is 3. The van der Waals surface area contributed by atoms with Gasteiger partial charge in [0.2, 0.25) is 0 Å². The third kappa shape index (κ3) is 3.96. The molecule has 1 saturated heterocycles. The van der Waals surface area contributed by atoms with Crippen molar-refractivity contribution in [3.8, 4) is 0 Å². The van der Waals surface area contributed by atoms with Crippen molar-refractivity contribution in [2.45, 2.75) is 25.1 Å². The Labute approximate surface area is 98.2 Å². The average Bonchev–Trinajstić information content (AvgIpc) is 2.71. The van der Waals surface area contributed by atoms with Gasteiger partial charge in [0.15, 0.2) is 0 Å². The lowest BCUT2D eigenvalue weighted by Gasteiger charge is -2.33. The minimum atomic E-state index is -4.08. The molecule has 0 bridgehead atoms. The van der Waals surface area contributed by atoms with Gasteiger partial charge in [0.1, 0.15) is 0 Å². The van der Waals surface area contributed by atoms with Gasteiger partial charge in [-0.2, -0.15) is 13.2 Å². The van der Waals surface area contributed by atoms with Crippen LogP contribution >= 0.6 is 0 Å². The Balaban J connectivity index is 1.74. The van der Waals surface area contributed by atoms with Crippen molar-refractivity contribution in [3.05, 3.63) is 24.5 Å². The molecule has 1 aromatic rings. The largest absolute Gasteiger partial charge is 0.401 e. The molecule has 17 heavy (non-hydrogen) atoms. The van der Waals surface area contributed by atoms with E-state index in [0.717, 1.165) is 12.8 Å². The highest BCUT2D eigenvalue weighted by Gasteiger charge is 2.32. The van der Waals surface area contributed by atoms with Crippen LogP contribution in [0.1, 0.15) is 12.8 Å². The van der Waals surface area contributed by atoms with Crippen LogP contribution in [0.5, 0.6) is 0 Å². The molecule has 2 heterocycles. The molecule has 0 saturated carbocycles. The van der Waals surface area contributed by atoms with Gasteiger partial charge in [-0.05, 0) is 25.0 Å². The Kier molecular flexibility index (Phi) is 3.61. The number of alkyl halides is 3. The second kappa shape index (κ2) is 5.00. The van der Waals surface area contributed by atoms with E-state index < -0.39 is 12.7 Å². The highest BCUT2D eigenvalue weighted by atomic mass is 19.4. The minimum Gasteiger partial charge on any atom is -0.323 e. The van der Waals surface area contributed by atoms with Gasteiger partial charge in [-0.1, -0.05) is 0 Å². The molecule has 2 rings (SSSR count). The summed E-state index contributed by atoms with van der Waals surface area (Å²) in [5.74, 6) is 0. The van der Waals surface area contributed by atoms with Crippen molar-refractivity contribution in [2.24, 2.45) is 0 Å². The van der Waals surface area contributed by atoms with Crippen LogP contribution in [0.2, 0.25) is 0 Å². The molecule has 0 amide bonds. The molecule has 0 spiro atoms. The first-order chi connectivity index (χ1) is 8.03. The smallest absolute Gasteiger partial charge is 0.323 e. The molecule has 1 aliphatic heterocycles. The van der Waals surface area contributed by atoms with Gasteiger partial charge in [-0.3, -0.25) is 9.58 Å². The summed E-state index contributed by atoms with van der Waals surface area (Å²) >= 11 is 0. The van der Waals surface area contributed by atoms with Crippen molar-refractivity contribution >= 4 is 0 Å². The number of rotatable bonds is 3. The van der Waals surface area contributed by atoms with Crippen molar-refractivity contribution < 1.29 is 13.2 Å². The summed E-state index contributed by atoms with van der Waals surface area (Å²) in [6, 6.07) is 4.07. The summed E-state index contributed by atoms with van der Waals surface area (Å²) in [6.07, 6.45) is 1.19. The van der Waals surface area contributed by atoms with E-state index >= 15 is 0 Å². The van der Waals surface area contributed by atoms with Gasteiger partial charge in [0.05, 0.1) is 6.54 Å². The number of likely N-dealkylation sites (tertiary alicyclic amines) is 1. The summed E-state index contributed by atoms with van der Waals surface area (Å²) in [7, 11) is 0. The monoisotopic (exact) mass is 247 g/mol. The van der Waals surface area contributed by atoms with E-state index in [1.807, 2.05) is 29.2 Å². The molecule has 96 valence electrons. The fourth-order valence-corrected chi connectivity index (χ4v) is 2.11. The molecule has 1 aliphatic rings. The van der Waals surface area contributed by atoms with E-state index in [4.69, 9.17) is 0 Å². The van der Waals surface area contributed by atoms with E-state index in [9.17, 15) is 13.2 Å². The van der Waals surface area contributed by atoms with Crippen LogP contribution in [-0.2, 0) is 0 Å². The zero-order valence-electron chi connectivity index (χ0n) is 9.45. The molecule has 6 heteroatoms. The minimum absolute atomic E-state index is 0.256. The van der Waals surface area contributed by atoms with Gasteiger partial charge < -0.3 is 5.43 Å². The van der Waals surface area contributed by atoms with E-state index in [1.54, 1.807) is 0 Å². The number of hydrogen-bond donors (Lipinski definition) is 1. The van der Waals surface area contributed by atoms with E-state index in [-0.39, 0.29) is 6.04 Å². The second-order valence-electron chi connectivity index (χ2n) is 4.39. The Morgan fingerprint density at radius 2 is 1.71 bits per heavy atom. The Bertz CT molecular complexity index is 326. The predicted molar refractivity (Wildman–Crippen MR) is 59.3 cm³/mol. The highest BCUT2D eigenvalue weighted by molar-refractivity contribution is 4.96. The first-order valence-corrected chi connectivity index (χ1v) is 5.71. The molecule has 0 radical (unpaired) electrons. The third-order valence-electron chi connectivity index (χ3n) is 2.93. The normalized spacial score (nSPS) is 19.5. The Morgan fingerprint density at radius 3 is 2.24 bits per heavy atom. The van der Waals surface area contributed by atoms with Gasteiger partial charge in [0, 0.05) is 31.5 Å². The van der Waals surface area contributed by atoms with Gasteiger partial charge in [-0.15, -0.1) is 0 Å². The molecule has 0 aliphatic carbocycles. The van der Waals surface area contributed by atoms with Crippen LogP contribution in [0.3, 0.4) is 0 Å². The van der Waals surface area contributed by atoms with E-state index in [1.165, 1.54) is 4.90 Å². The first-order valence-electron chi connectivity index (χ1n) is 5.71. The van der Waals surface area contributed by atoms with Crippen molar-refractivity contribution in [2.75, 3.05) is 25.1 Å². The molecule has 1 N–H and O–H groups in total. The summed E-state index contributed by atoms with van der Waals surface area (Å²) in [5, 5.41) is 0. The molecule has 0 unspecified atom stereocenters. The highest BCUT2D eigenvalue weighted by Crippen LogP contribution is 2.20. The van der Waals surface area contributed by atoms with Crippen LogP contribution in [0.15, 0.2) is 24.5 Å². The number of nitrogens with one attached hydrogen (secondary N) is 1. The lowest BCUT2D eigenvalue weighted by Crippen LogP contribution is -2.44. The SMILES string of the molecule is FC(F)(F)CN1CCC(Nn2cccc2)CC1. The van der Waals surface area contributed by atoms with Crippen LogP contribution in [0, 0.1) is 0 Å². The summed E-state index contributed by atoms with van der Waals surface area (Å²) in [6.45, 7) is 0.208. The molecule has 1 aromatic heterocycles. The fourth-order valence-electron chi connectivity index (χ4n) is 2.11. The maximum Gasteiger partial charge on any atom is 0.401 e. The maximum atomic E-state index is 12.2. The molecular formula is C11H16F3N3. The van der Waals surface area contributed by atoms with Gasteiger partial charge in [-0.25, -0.2) is 0 Å². The Morgan fingerprint density at radius 1 is 1.12 bits per heavy atom. The Hall–Kier alpha value is -1.17. The zero-order valence-corrected chi connectivity index (χ0v) is 9.45. The summed E-state index contributed by atoms with van der Waals surface area (Å²) in [4.78, 5) is 1.47. The average molecular weight is 247 g/mol. The van der Waals surface area contributed by atoms with Crippen LogP contribution in [-0.4, -0.2) is 41.4 Å². The maximum absolute atomic E-state index is 12.2. The predicted octanol–water partition coefficient (Wildman–Crippen LogP) is 2.06. The number of nitrogens with zero attached hydrogens (tertiary/aromatic N) is 2. The quantitative estimate of drug-likeness (QED) is 0.882. The number of piperidine rings is 1. The van der Waals surface area contributed by atoms with Crippen LogP contribution in [0.4, 0.5) is 13.2 Å². The zero-order chi connectivity index (χ0) is 12.3. The van der Waals surface area contributed by atoms with Crippen LogP contribution in [0.25, 0.3) is 0 Å². The van der Waals surface area contributed by atoms with Crippen molar-refractivity contribution in [3.63, 3.8) is 0 Å². The third-order valence-corrected chi connectivity index (χ3v) is 2.93. The van der Waals surface area contributed by atoms with Crippen molar-refractivity contribution in [1.82, 2.24) is 9.58 Å². The summed E-state index contributed by atoms with van der Waals surface area (Å²) < 4.78 is 38.4. The topological polar surface area (TPSA) is 20.2 Å². The molecule has 1 fully saturated rings. The number of hydrogen-bond acceptors (Lipinski definition) is 2. The standard InChI is InChI=1S/C11H16F3N3/c12-11(13,14)9-16-7-3-10(4-8-16)15-17-5-1-2-6-17/h1-2,5-6,10,15H,3-4,7-9H2. The van der Waals surface area contributed by atoms with Crippen molar-refractivity contribution in [1.29, 1.82) is 0 Å². The lowest BCUT2D eigenvalue weighted by molar-refractivity contribution is -0.147. The van der Waals surface area contributed by atoms with E-state index in [0.29, 0.717) is 13.1 Å².